The van der Waals surface area contributed by atoms with Crippen molar-refractivity contribution in [1.29, 1.82) is 0 Å². The highest BCUT2D eigenvalue weighted by Gasteiger charge is 2.14. The lowest BCUT2D eigenvalue weighted by atomic mass is 10.4. The van der Waals surface area contributed by atoms with Gasteiger partial charge in [0.05, 0.1) is 12.7 Å². The summed E-state index contributed by atoms with van der Waals surface area (Å²) in [6.45, 7) is 4.39. The zero-order valence-electron chi connectivity index (χ0n) is 11.4. The standard InChI is InChI=1S/C12H19N3O4/c1-9(2)19-10-4-5-13-12(14-10)15(6-7-18-3)8-11(16)17/h4-5,9H,6-8H2,1-3H3,(H,16,17). The molecule has 0 aliphatic heterocycles. The third kappa shape index (κ3) is 5.52. The maximum atomic E-state index is 10.8. The molecule has 0 saturated heterocycles. The third-order valence-electron chi connectivity index (χ3n) is 2.15. The van der Waals surface area contributed by atoms with Gasteiger partial charge >= 0.3 is 5.97 Å². The number of anilines is 1. The average Bonchev–Trinajstić information content (AvgIpc) is 2.33. The van der Waals surface area contributed by atoms with Gasteiger partial charge in [-0.3, -0.25) is 4.79 Å². The summed E-state index contributed by atoms with van der Waals surface area (Å²) in [5, 5.41) is 8.89. The van der Waals surface area contributed by atoms with E-state index < -0.39 is 5.97 Å². The van der Waals surface area contributed by atoms with Crippen LogP contribution in [-0.4, -0.2) is 54.0 Å². The first kappa shape index (κ1) is 15.2. The fraction of sp³-hybridized carbons (Fsp3) is 0.583. The summed E-state index contributed by atoms with van der Waals surface area (Å²) in [6, 6.07) is 1.64. The minimum absolute atomic E-state index is 0.00495. The topological polar surface area (TPSA) is 84.8 Å². The monoisotopic (exact) mass is 269 g/mol. The molecular formula is C12H19N3O4. The molecule has 0 saturated carbocycles. The SMILES string of the molecule is COCCN(CC(=O)O)c1nccc(OC(C)C)n1. The molecule has 0 fully saturated rings. The molecule has 7 nitrogen and oxygen atoms in total. The van der Waals surface area contributed by atoms with Gasteiger partial charge < -0.3 is 19.5 Å². The Balaban J connectivity index is 2.84. The number of hydrogen-bond donors (Lipinski definition) is 1. The van der Waals surface area contributed by atoms with E-state index in [4.69, 9.17) is 14.6 Å². The molecule has 0 aliphatic carbocycles. The van der Waals surface area contributed by atoms with Crippen LogP contribution in [0.5, 0.6) is 5.88 Å². The van der Waals surface area contributed by atoms with Gasteiger partial charge in [-0.05, 0) is 13.8 Å². The molecule has 0 amide bonds. The minimum atomic E-state index is -0.949. The molecule has 1 rings (SSSR count). The maximum absolute atomic E-state index is 10.8. The van der Waals surface area contributed by atoms with Crippen LogP contribution in [0.4, 0.5) is 5.95 Å². The summed E-state index contributed by atoms with van der Waals surface area (Å²) in [6.07, 6.45) is 1.54. The summed E-state index contributed by atoms with van der Waals surface area (Å²) in [5.41, 5.74) is 0. The van der Waals surface area contributed by atoms with Crippen LogP contribution in [0.3, 0.4) is 0 Å². The highest BCUT2D eigenvalue weighted by Crippen LogP contribution is 2.13. The summed E-state index contributed by atoms with van der Waals surface area (Å²) >= 11 is 0. The van der Waals surface area contributed by atoms with Crippen molar-refractivity contribution in [2.75, 3.05) is 31.7 Å². The number of nitrogens with zero attached hydrogens (tertiary/aromatic N) is 3. The van der Waals surface area contributed by atoms with E-state index in [0.717, 1.165) is 0 Å². The van der Waals surface area contributed by atoms with Crippen LogP contribution in [0.1, 0.15) is 13.8 Å². The van der Waals surface area contributed by atoms with Crippen LogP contribution < -0.4 is 9.64 Å². The summed E-state index contributed by atoms with van der Waals surface area (Å²) in [4.78, 5) is 20.6. The zero-order chi connectivity index (χ0) is 14.3. The molecule has 1 N–H and O–H groups in total. The van der Waals surface area contributed by atoms with Gasteiger partial charge in [0.25, 0.3) is 0 Å². The predicted molar refractivity (Wildman–Crippen MR) is 69.5 cm³/mol. The second-order valence-electron chi connectivity index (χ2n) is 4.17. The van der Waals surface area contributed by atoms with Gasteiger partial charge in [0.15, 0.2) is 0 Å². The van der Waals surface area contributed by atoms with E-state index in [9.17, 15) is 4.79 Å². The molecule has 0 unspecified atom stereocenters. The van der Waals surface area contributed by atoms with E-state index in [1.807, 2.05) is 13.8 Å². The number of carbonyl (C=O) groups is 1. The Labute approximate surface area is 112 Å². The van der Waals surface area contributed by atoms with Gasteiger partial charge in [0, 0.05) is 25.9 Å². The second kappa shape index (κ2) is 7.52. The summed E-state index contributed by atoms with van der Waals surface area (Å²) in [7, 11) is 1.55. The number of rotatable bonds is 8. The molecule has 19 heavy (non-hydrogen) atoms. The van der Waals surface area contributed by atoms with Crippen molar-refractivity contribution in [1.82, 2.24) is 9.97 Å². The first-order valence-corrected chi connectivity index (χ1v) is 5.98. The number of methoxy groups -OCH3 is 1. The zero-order valence-corrected chi connectivity index (χ0v) is 11.4. The van der Waals surface area contributed by atoms with Crippen LogP contribution in [-0.2, 0) is 9.53 Å². The number of ether oxygens (including phenoxy) is 2. The number of carboxylic acids is 1. The molecule has 1 aromatic heterocycles. The number of aliphatic carboxylic acids is 1. The number of hydrogen-bond acceptors (Lipinski definition) is 6. The molecule has 0 atom stereocenters. The van der Waals surface area contributed by atoms with Crippen molar-refractivity contribution in [3.05, 3.63) is 12.3 Å². The highest BCUT2D eigenvalue weighted by atomic mass is 16.5. The Kier molecular flexibility index (Phi) is 6.01. The van der Waals surface area contributed by atoms with Crippen molar-refractivity contribution in [3.63, 3.8) is 0 Å². The van der Waals surface area contributed by atoms with Gasteiger partial charge in [0.2, 0.25) is 11.8 Å². The lowest BCUT2D eigenvalue weighted by Crippen LogP contribution is -2.34. The molecule has 1 aromatic rings. The predicted octanol–water partition coefficient (Wildman–Crippen LogP) is 0.801. The Morgan fingerprint density at radius 3 is 2.84 bits per heavy atom. The van der Waals surface area contributed by atoms with Crippen LogP contribution in [0, 0.1) is 0 Å². The third-order valence-corrected chi connectivity index (χ3v) is 2.15. The molecular weight excluding hydrogens is 250 g/mol. The van der Waals surface area contributed by atoms with Gasteiger partial charge in [-0.2, -0.15) is 4.98 Å². The highest BCUT2D eigenvalue weighted by molar-refractivity contribution is 5.72. The molecule has 0 bridgehead atoms. The normalized spacial score (nSPS) is 10.5. The van der Waals surface area contributed by atoms with Crippen molar-refractivity contribution < 1.29 is 19.4 Å². The molecule has 0 radical (unpaired) electrons. The van der Waals surface area contributed by atoms with E-state index in [1.54, 1.807) is 19.4 Å². The first-order chi connectivity index (χ1) is 9.02. The van der Waals surface area contributed by atoms with Crippen LogP contribution in [0.25, 0.3) is 0 Å². The van der Waals surface area contributed by atoms with Gasteiger partial charge in [-0.15, -0.1) is 0 Å². The average molecular weight is 269 g/mol. The molecule has 1 heterocycles. The van der Waals surface area contributed by atoms with E-state index in [2.05, 4.69) is 9.97 Å². The van der Waals surface area contributed by atoms with Gasteiger partial charge in [0.1, 0.15) is 6.54 Å². The fourth-order valence-corrected chi connectivity index (χ4v) is 1.41. The Hall–Kier alpha value is -1.89. The van der Waals surface area contributed by atoms with Gasteiger partial charge in [-0.1, -0.05) is 0 Å². The molecule has 0 aliphatic rings. The number of carboxylic acid groups (broad SMARTS) is 1. The lowest BCUT2D eigenvalue weighted by Gasteiger charge is -2.20. The Morgan fingerprint density at radius 1 is 1.53 bits per heavy atom. The summed E-state index contributed by atoms with van der Waals surface area (Å²) < 4.78 is 10.4. The van der Waals surface area contributed by atoms with E-state index in [1.165, 1.54) is 4.90 Å². The van der Waals surface area contributed by atoms with Crippen molar-refractivity contribution in [3.8, 4) is 5.88 Å². The smallest absolute Gasteiger partial charge is 0.323 e. The molecule has 7 heteroatoms. The fourth-order valence-electron chi connectivity index (χ4n) is 1.41. The lowest BCUT2D eigenvalue weighted by molar-refractivity contribution is -0.135. The second-order valence-corrected chi connectivity index (χ2v) is 4.17. The van der Waals surface area contributed by atoms with Crippen LogP contribution in [0.2, 0.25) is 0 Å². The maximum Gasteiger partial charge on any atom is 0.323 e. The van der Waals surface area contributed by atoms with E-state index >= 15 is 0 Å². The van der Waals surface area contributed by atoms with Crippen LogP contribution >= 0.6 is 0 Å². The molecule has 0 aromatic carbocycles. The largest absolute Gasteiger partial charge is 0.480 e. The van der Waals surface area contributed by atoms with Crippen molar-refractivity contribution >= 4 is 11.9 Å². The quantitative estimate of drug-likeness (QED) is 0.747. The van der Waals surface area contributed by atoms with E-state index in [0.29, 0.717) is 25.0 Å². The Morgan fingerprint density at radius 2 is 2.26 bits per heavy atom. The summed E-state index contributed by atoms with van der Waals surface area (Å²) in [5.74, 6) is -0.208. The Bertz CT molecular complexity index is 412. The van der Waals surface area contributed by atoms with Crippen LogP contribution in [0.15, 0.2) is 12.3 Å². The van der Waals surface area contributed by atoms with E-state index in [-0.39, 0.29) is 12.6 Å². The minimum Gasteiger partial charge on any atom is -0.480 e. The number of aromatic nitrogens is 2. The van der Waals surface area contributed by atoms with Crippen molar-refractivity contribution in [2.24, 2.45) is 0 Å². The first-order valence-electron chi connectivity index (χ1n) is 5.98. The molecule has 106 valence electrons. The molecule has 0 spiro atoms. The van der Waals surface area contributed by atoms with Gasteiger partial charge in [-0.25, -0.2) is 4.98 Å². The van der Waals surface area contributed by atoms with Crippen molar-refractivity contribution in [2.45, 2.75) is 20.0 Å².